The Morgan fingerprint density at radius 1 is 0.759 bits per heavy atom. The van der Waals surface area contributed by atoms with Gasteiger partial charge in [0.25, 0.3) is 0 Å². The molecule has 3 amide bonds. The Bertz CT molecular complexity index is 658. The minimum absolute atomic E-state index is 0.284. The van der Waals surface area contributed by atoms with Gasteiger partial charge in [-0.2, -0.15) is 12.6 Å². The van der Waals surface area contributed by atoms with Crippen LogP contribution in [0.3, 0.4) is 0 Å². The van der Waals surface area contributed by atoms with E-state index in [4.69, 9.17) is 21.1 Å². The lowest BCUT2D eigenvalue weighted by molar-refractivity contribution is -0.147. The van der Waals surface area contributed by atoms with Gasteiger partial charge in [0, 0.05) is 5.75 Å². The lowest BCUT2D eigenvalue weighted by atomic mass is 10.1. The molecule has 9 N–H and O–H groups in total. The maximum Gasteiger partial charge on any atom is 0.326 e. The van der Waals surface area contributed by atoms with Crippen LogP contribution in [-0.2, 0) is 28.8 Å². The molecule has 0 heterocycles. The van der Waals surface area contributed by atoms with Gasteiger partial charge in [0.15, 0.2) is 0 Å². The van der Waals surface area contributed by atoms with Crippen LogP contribution < -0.4 is 21.7 Å². The molecule has 0 aliphatic heterocycles. The third-order valence-corrected chi connectivity index (χ3v) is 3.72. The molecule has 0 aromatic heterocycles. The van der Waals surface area contributed by atoms with E-state index in [1.54, 1.807) is 0 Å². The number of aliphatic carboxylic acids is 3. The van der Waals surface area contributed by atoms with Gasteiger partial charge in [0.1, 0.15) is 18.1 Å². The number of amides is 3. The van der Waals surface area contributed by atoms with Crippen LogP contribution in [0.4, 0.5) is 0 Å². The third kappa shape index (κ3) is 9.72. The van der Waals surface area contributed by atoms with E-state index >= 15 is 0 Å². The third-order valence-electron chi connectivity index (χ3n) is 3.36. The van der Waals surface area contributed by atoms with Crippen molar-refractivity contribution in [3.63, 3.8) is 0 Å². The van der Waals surface area contributed by atoms with Crippen LogP contribution in [0.5, 0.6) is 0 Å². The zero-order valence-corrected chi connectivity index (χ0v) is 15.8. The maximum atomic E-state index is 12.2. The summed E-state index contributed by atoms with van der Waals surface area (Å²) in [4.78, 5) is 68.2. The monoisotopic (exact) mass is 438 g/mol. The van der Waals surface area contributed by atoms with Crippen molar-refractivity contribution in [3.8, 4) is 0 Å². The molecule has 0 fully saturated rings. The van der Waals surface area contributed by atoms with E-state index in [1.807, 2.05) is 10.6 Å². The summed E-state index contributed by atoms with van der Waals surface area (Å²) in [5.74, 6) is -7.93. The summed E-state index contributed by atoms with van der Waals surface area (Å²) in [5, 5.41) is 41.4. The molecule has 4 atom stereocenters. The second kappa shape index (κ2) is 12.5. The molecule has 15 heteroatoms. The number of nitrogens with two attached hydrogens (primary N) is 1. The highest BCUT2D eigenvalue weighted by Crippen LogP contribution is 1.98. The van der Waals surface area contributed by atoms with Crippen molar-refractivity contribution in [3.05, 3.63) is 0 Å². The molecule has 0 aliphatic carbocycles. The second-order valence-electron chi connectivity index (χ2n) is 5.69. The zero-order valence-electron chi connectivity index (χ0n) is 14.9. The second-order valence-corrected chi connectivity index (χ2v) is 6.05. The molecule has 0 aromatic carbocycles. The SMILES string of the molecule is NC(CC(=O)O)C(=O)NC(CS)C(=O)NC(CO)C(=O)NC(CC(=O)O)C(=O)O. The standard InChI is InChI=1S/C14H22N4O10S/c15-5(1-9(20)21)11(24)18-8(4-29)13(26)17-7(3-19)12(25)16-6(14(27)28)2-10(22)23/h5-8,19,29H,1-4,15H2,(H,16,25)(H,17,26)(H,18,24)(H,20,21)(H,22,23)(H,27,28). The Morgan fingerprint density at radius 2 is 1.21 bits per heavy atom. The molecule has 0 aliphatic rings. The first kappa shape index (κ1) is 26.1. The molecule has 0 radical (unpaired) electrons. The van der Waals surface area contributed by atoms with Crippen LogP contribution in [0.2, 0.25) is 0 Å². The number of hydrogen-bond acceptors (Lipinski definition) is 9. The quantitative estimate of drug-likeness (QED) is 0.124. The van der Waals surface area contributed by atoms with Gasteiger partial charge in [0.05, 0.1) is 25.5 Å². The zero-order chi connectivity index (χ0) is 22.7. The van der Waals surface area contributed by atoms with Crippen molar-refractivity contribution in [2.24, 2.45) is 5.73 Å². The summed E-state index contributed by atoms with van der Waals surface area (Å²) in [6.45, 7) is -0.969. The van der Waals surface area contributed by atoms with Crippen LogP contribution in [0.25, 0.3) is 0 Å². The van der Waals surface area contributed by atoms with Crippen LogP contribution >= 0.6 is 12.6 Å². The van der Waals surface area contributed by atoms with Crippen LogP contribution in [0.1, 0.15) is 12.8 Å². The fourth-order valence-electron chi connectivity index (χ4n) is 1.87. The number of carbonyl (C=O) groups excluding carboxylic acids is 3. The number of carbonyl (C=O) groups is 6. The fraction of sp³-hybridized carbons (Fsp3) is 0.571. The largest absolute Gasteiger partial charge is 0.481 e. The average molecular weight is 438 g/mol. The van der Waals surface area contributed by atoms with Gasteiger partial charge in [-0.05, 0) is 0 Å². The van der Waals surface area contributed by atoms with Crippen molar-refractivity contribution in [2.45, 2.75) is 37.0 Å². The Labute approximate surface area is 169 Å². The van der Waals surface area contributed by atoms with Gasteiger partial charge >= 0.3 is 17.9 Å². The van der Waals surface area contributed by atoms with Crippen LogP contribution in [0.15, 0.2) is 0 Å². The van der Waals surface area contributed by atoms with E-state index < -0.39 is 79.2 Å². The minimum atomic E-state index is -1.81. The molecule has 164 valence electrons. The molecule has 0 saturated carbocycles. The highest BCUT2D eigenvalue weighted by Gasteiger charge is 2.30. The first-order chi connectivity index (χ1) is 13.4. The highest BCUT2D eigenvalue weighted by atomic mass is 32.1. The molecule has 0 rings (SSSR count). The summed E-state index contributed by atoms with van der Waals surface area (Å²) in [6.07, 6.45) is -1.64. The van der Waals surface area contributed by atoms with Gasteiger partial charge in [-0.3, -0.25) is 24.0 Å². The van der Waals surface area contributed by atoms with E-state index in [-0.39, 0.29) is 5.75 Å². The first-order valence-electron chi connectivity index (χ1n) is 7.97. The van der Waals surface area contributed by atoms with Gasteiger partial charge in [-0.25, -0.2) is 4.79 Å². The molecule has 0 bridgehead atoms. The molecular formula is C14H22N4O10S. The predicted molar refractivity (Wildman–Crippen MR) is 96.8 cm³/mol. The van der Waals surface area contributed by atoms with E-state index in [1.165, 1.54) is 0 Å². The van der Waals surface area contributed by atoms with E-state index in [0.29, 0.717) is 0 Å². The molecule has 29 heavy (non-hydrogen) atoms. The number of carboxylic acids is 3. The van der Waals surface area contributed by atoms with Gasteiger partial charge in [0.2, 0.25) is 17.7 Å². The van der Waals surface area contributed by atoms with Gasteiger partial charge < -0.3 is 42.1 Å². The van der Waals surface area contributed by atoms with E-state index in [9.17, 15) is 33.9 Å². The fourth-order valence-corrected chi connectivity index (χ4v) is 2.12. The lowest BCUT2D eigenvalue weighted by Gasteiger charge is -2.23. The molecule has 0 spiro atoms. The Balaban J connectivity index is 5.02. The summed E-state index contributed by atoms with van der Waals surface area (Å²) in [6, 6.07) is -6.28. The summed E-state index contributed by atoms with van der Waals surface area (Å²) >= 11 is 3.85. The molecule has 14 nitrogen and oxygen atoms in total. The summed E-state index contributed by atoms with van der Waals surface area (Å²) in [5.41, 5.74) is 5.36. The number of carboxylic acid groups (broad SMARTS) is 3. The summed E-state index contributed by atoms with van der Waals surface area (Å²) in [7, 11) is 0. The van der Waals surface area contributed by atoms with Crippen molar-refractivity contribution >= 4 is 48.3 Å². The topological polar surface area (TPSA) is 245 Å². The smallest absolute Gasteiger partial charge is 0.326 e. The number of hydrogen-bond donors (Lipinski definition) is 9. The Hall–Kier alpha value is -2.91. The van der Waals surface area contributed by atoms with Gasteiger partial charge in [-0.1, -0.05) is 0 Å². The lowest BCUT2D eigenvalue weighted by Crippen LogP contribution is -2.58. The van der Waals surface area contributed by atoms with Crippen molar-refractivity contribution < 1.29 is 49.2 Å². The molecule has 4 unspecified atom stereocenters. The van der Waals surface area contributed by atoms with Crippen molar-refractivity contribution in [1.29, 1.82) is 0 Å². The van der Waals surface area contributed by atoms with Crippen LogP contribution in [0, 0.1) is 0 Å². The minimum Gasteiger partial charge on any atom is -0.481 e. The van der Waals surface area contributed by atoms with E-state index in [2.05, 4.69) is 17.9 Å². The number of aliphatic hydroxyl groups excluding tert-OH is 1. The Morgan fingerprint density at radius 3 is 1.62 bits per heavy atom. The number of rotatable bonds is 13. The van der Waals surface area contributed by atoms with Crippen molar-refractivity contribution in [1.82, 2.24) is 16.0 Å². The summed E-state index contributed by atoms with van der Waals surface area (Å²) < 4.78 is 0. The predicted octanol–water partition coefficient (Wildman–Crippen LogP) is -4.28. The van der Waals surface area contributed by atoms with Crippen LogP contribution in [-0.4, -0.2) is 92.6 Å². The van der Waals surface area contributed by atoms with Gasteiger partial charge in [-0.15, -0.1) is 0 Å². The number of nitrogens with one attached hydrogen (secondary N) is 3. The number of aliphatic hydroxyl groups is 1. The van der Waals surface area contributed by atoms with Crippen molar-refractivity contribution in [2.75, 3.05) is 12.4 Å². The maximum absolute atomic E-state index is 12.2. The molecular weight excluding hydrogens is 416 g/mol. The normalized spacial score (nSPS) is 14.6. The first-order valence-corrected chi connectivity index (χ1v) is 8.60. The molecule has 0 saturated heterocycles. The highest BCUT2D eigenvalue weighted by molar-refractivity contribution is 7.80. The van der Waals surface area contributed by atoms with E-state index in [0.717, 1.165) is 0 Å². The number of thiol groups is 1. The molecule has 0 aromatic rings. The average Bonchev–Trinajstić information content (AvgIpc) is 2.61. The Kier molecular flexibility index (Phi) is 11.3.